The van der Waals surface area contributed by atoms with Crippen LogP contribution in [-0.4, -0.2) is 60.0 Å². The molecule has 1 N–H and O–H groups in total. The monoisotopic (exact) mass is 412 g/mol. The standard InChI is InChI=1S/C21H36N2O6/c1-5-15-27-17(24)21(11-7-6-8-12-21)22-18(25)28-16-9-13-23(14-10-16)19(26)29-20(2,3)4/h16H,5-15H2,1-4H3,(H,22,25). The van der Waals surface area contributed by atoms with Crippen LogP contribution in [-0.2, 0) is 19.0 Å². The highest BCUT2D eigenvalue weighted by Crippen LogP contribution is 2.30. The lowest BCUT2D eigenvalue weighted by molar-refractivity contribution is -0.153. The van der Waals surface area contributed by atoms with Gasteiger partial charge in [0.1, 0.15) is 17.2 Å². The maximum Gasteiger partial charge on any atom is 0.410 e. The number of hydrogen-bond acceptors (Lipinski definition) is 6. The number of alkyl carbamates (subject to hydrolysis) is 1. The van der Waals surface area contributed by atoms with Gasteiger partial charge in [-0.2, -0.15) is 0 Å². The molecule has 1 aliphatic carbocycles. The maximum absolute atomic E-state index is 12.6. The van der Waals surface area contributed by atoms with Crippen molar-refractivity contribution in [1.29, 1.82) is 0 Å². The van der Waals surface area contributed by atoms with Gasteiger partial charge < -0.3 is 24.4 Å². The van der Waals surface area contributed by atoms with Crippen molar-refractivity contribution in [1.82, 2.24) is 10.2 Å². The number of hydrogen-bond donors (Lipinski definition) is 1. The minimum Gasteiger partial charge on any atom is -0.464 e. The molecule has 0 atom stereocenters. The molecule has 2 aliphatic rings. The molecule has 2 fully saturated rings. The van der Waals surface area contributed by atoms with Crippen LogP contribution < -0.4 is 5.32 Å². The summed E-state index contributed by atoms with van der Waals surface area (Å²) in [6.07, 6.45) is 4.53. The predicted molar refractivity (Wildman–Crippen MR) is 108 cm³/mol. The molecule has 29 heavy (non-hydrogen) atoms. The second kappa shape index (κ2) is 10.2. The Bertz CT molecular complexity index is 572. The van der Waals surface area contributed by atoms with Crippen molar-refractivity contribution < 1.29 is 28.6 Å². The quantitative estimate of drug-likeness (QED) is 0.546. The Morgan fingerprint density at radius 1 is 1.07 bits per heavy atom. The lowest BCUT2D eigenvalue weighted by Crippen LogP contribution is -2.57. The van der Waals surface area contributed by atoms with E-state index in [-0.39, 0.29) is 18.2 Å². The minimum atomic E-state index is -0.984. The van der Waals surface area contributed by atoms with Crippen LogP contribution in [0.5, 0.6) is 0 Å². The van der Waals surface area contributed by atoms with Crippen molar-refractivity contribution in [3.05, 3.63) is 0 Å². The summed E-state index contributed by atoms with van der Waals surface area (Å²) in [5.74, 6) is -0.365. The molecule has 1 heterocycles. The third-order valence-electron chi connectivity index (χ3n) is 5.24. The van der Waals surface area contributed by atoms with Crippen molar-refractivity contribution in [3.8, 4) is 0 Å². The first kappa shape index (κ1) is 23.3. The average molecular weight is 413 g/mol. The van der Waals surface area contributed by atoms with Crippen LogP contribution in [0.1, 0.15) is 79.1 Å². The molecule has 0 radical (unpaired) electrons. The van der Waals surface area contributed by atoms with Crippen LogP contribution in [0.15, 0.2) is 0 Å². The summed E-state index contributed by atoms with van der Waals surface area (Å²) in [5.41, 5.74) is -1.52. The van der Waals surface area contributed by atoms with E-state index < -0.39 is 17.2 Å². The van der Waals surface area contributed by atoms with Gasteiger partial charge >= 0.3 is 18.2 Å². The molecule has 1 saturated carbocycles. The first-order valence-electron chi connectivity index (χ1n) is 10.8. The van der Waals surface area contributed by atoms with E-state index in [4.69, 9.17) is 14.2 Å². The second-order valence-corrected chi connectivity index (χ2v) is 8.98. The van der Waals surface area contributed by atoms with Gasteiger partial charge in [0.25, 0.3) is 0 Å². The number of esters is 1. The Balaban J connectivity index is 1.85. The summed E-state index contributed by atoms with van der Waals surface area (Å²) in [5, 5.41) is 2.81. The number of carbonyl (C=O) groups is 3. The van der Waals surface area contributed by atoms with Gasteiger partial charge in [-0.25, -0.2) is 14.4 Å². The SMILES string of the molecule is CCCOC(=O)C1(NC(=O)OC2CCN(C(=O)OC(C)(C)C)CC2)CCCCC1. The van der Waals surface area contributed by atoms with E-state index in [2.05, 4.69) is 5.32 Å². The third kappa shape index (κ3) is 7.08. The van der Waals surface area contributed by atoms with E-state index in [0.717, 1.165) is 25.7 Å². The lowest BCUT2D eigenvalue weighted by atomic mass is 9.82. The van der Waals surface area contributed by atoms with Crippen LogP contribution in [0.4, 0.5) is 9.59 Å². The van der Waals surface area contributed by atoms with Crippen LogP contribution in [0, 0.1) is 0 Å². The van der Waals surface area contributed by atoms with Gasteiger partial charge in [-0.3, -0.25) is 0 Å². The average Bonchev–Trinajstić information content (AvgIpc) is 2.65. The van der Waals surface area contributed by atoms with E-state index in [1.165, 1.54) is 0 Å². The van der Waals surface area contributed by atoms with E-state index in [9.17, 15) is 14.4 Å². The van der Waals surface area contributed by atoms with Crippen LogP contribution in [0.3, 0.4) is 0 Å². The molecule has 0 bridgehead atoms. The smallest absolute Gasteiger partial charge is 0.410 e. The molecule has 0 aromatic carbocycles. The Morgan fingerprint density at radius 2 is 1.69 bits per heavy atom. The Morgan fingerprint density at radius 3 is 2.24 bits per heavy atom. The van der Waals surface area contributed by atoms with Gasteiger partial charge in [0.2, 0.25) is 0 Å². The van der Waals surface area contributed by atoms with E-state index >= 15 is 0 Å². The summed E-state index contributed by atoms with van der Waals surface area (Å²) in [7, 11) is 0. The molecule has 2 amide bonds. The first-order chi connectivity index (χ1) is 13.6. The normalized spacial score (nSPS) is 19.9. The Labute approximate surface area is 173 Å². The van der Waals surface area contributed by atoms with Crippen molar-refractivity contribution in [2.24, 2.45) is 0 Å². The van der Waals surface area contributed by atoms with E-state index in [0.29, 0.717) is 45.4 Å². The molecule has 0 aromatic heterocycles. The van der Waals surface area contributed by atoms with Gasteiger partial charge in [0.15, 0.2) is 0 Å². The fraction of sp³-hybridized carbons (Fsp3) is 0.857. The third-order valence-corrected chi connectivity index (χ3v) is 5.24. The molecule has 1 aliphatic heterocycles. The topological polar surface area (TPSA) is 94.2 Å². The van der Waals surface area contributed by atoms with Gasteiger partial charge in [0, 0.05) is 25.9 Å². The number of piperidine rings is 1. The zero-order valence-corrected chi connectivity index (χ0v) is 18.3. The van der Waals surface area contributed by atoms with Crippen molar-refractivity contribution in [2.75, 3.05) is 19.7 Å². The Hall–Kier alpha value is -1.99. The molecule has 166 valence electrons. The predicted octanol–water partition coefficient (Wildman–Crippen LogP) is 3.77. The molecular formula is C21H36N2O6. The Kier molecular flexibility index (Phi) is 8.16. The lowest BCUT2D eigenvalue weighted by Gasteiger charge is -2.36. The summed E-state index contributed by atoms with van der Waals surface area (Å²) >= 11 is 0. The maximum atomic E-state index is 12.6. The van der Waals surface area contributed by atoms with Crippen molar-refractivity contribution >= 4 is 18.2 Å². The molecule has 0 aromatic rings. The molecule has 8 nitrogen and oxygen atoms in total. The minimum absolute atomic E-state index is 0.291. The number of amides is 2. The molecule has 2 rings (SSSR count). The highest BCUT2D eigenvalue weighted by molar-refractivity contribution is 5.86. The zero-order chi connectivity index (χ0) is 21.5. The van der Waals surface area contributed by atoms with Crippen LogP contribution in [0.2, 0.25) is 0 Å². The fourth-order valence-electron chi connectivity index (χ4n) is 3.73. The molecule has 1 saturated heterocycles. The van der Waals surface area contributed by atoms with Crippen LogP contribution >= 0.6 is 0 Å². The highest BCUT2D eigenvalue weighted by atomic mass is 16.6. The second-order valence-electron chi connectivity index (χ2n) is 8.98. The molecule has 0 spiro atoms. The highest BCUT2D eigenvalue weighted by Gasteiger charge is 2.43. The number of carbonyl (C=O) groups excluding carboxylic acids is 3. The summed E-state index contributed by atoms with van der Waals surface area (Å²) in [6.45, 7) is 8.72. The summed E-state index contributed by atoms with van der Waals surface area (Å²) in [6, 6.07) is 0. The van der Waals surface area contributed by atoms with Gasteiger partial charge in [-0.15, -0.1) is 0 Å². The van der Waals surface area contributed by atoms with Gasteiger partial charge in [-0.1, -0.05) is 26.2 Å². The van der Waals surface area contributed by atoms with E-state index in [1.54, 1.807) is 4.90 Å². The first-order valence-corrected chi connectivity index (χ1v) is 10.8. The largest absolute Gasteiger partial charge is 0.464 e. The molecule has 8 heteroatoms. The number of ether oxygens (including phenoxy) is 3. The summed E-state index contributed by atoms with van der Waals surface area (Å²) < 4.78 is 16.3. The number of rotatable bonds is 5. The van der Waals surface area contributed by atoms with Gasteiger partial charge in [-0.05, 0) is 40.0 Å². The number of nitrogens with zero attached hydrogens (tertiary/aromatic N) is 1. The van der Waals surface area contributed by atoms with Crippen molar-refractivity contribution in [2.45, 2.75) is 96.3 Å². The fourth-order valence-corrected chi connectivity index (χ4v) is 3.73. The van der Waals surface area contributed by atoms with Crippen LogP contribution in [0.25, 0.3) is 0 Å². The van der Waals surface area contributed by atoms with E-state index in [1.807, 2.05) is 27.7 Å². The number of nitrogens with one attached hydrogen (secondary N) is 1. The molecular weight excluding hydrogens is 376 g/mol. The van der Waals surface area contributed by atoms with Gasteiger partial charge in [0.05, 0.1) is 6.61 Å². The summed E-state index contributed by atoms with van der Waals surface area (Å²) in [4.78, 5) is 38.9. The van der Waals surface area contributed by atoms with Crippen molar-refractivity contribution in [3.63, 3.8) is 0 Å². The molecule has 0 unspecified atom stereocenters. The zero-order valence-electron chi connectivity index (χ0n) is 18.3. The number of likely N-dealkylation sites (tertiary alicyclic amines) is 1.